The standard InChI is InChI=1S/C26H27N5O4/c1-18(32)28-21-3-5-22(6-4-21)29-26(33)20-8-9-27-25(15-20)31-12-10-30(11-13-31)16-19-2-7-23-24(14-19)35-17-34-23/h2-9,14-15H,10-13,16-17H2,1H3,(H,28,32)(H,29,33). The van der Waals surface area contributed by atoms with Gasteiger partial charge in [-0.1, -0.05) is 6.07 Å². The van der Waals surface area contributed by atoms with E-state index in [-0.39, 0.29) is 18.6 Å². The number of carbonyl (C=O) groups excluding carboxylic acids is 2. The van der Waals surface area contributed by atoms with E-state index in [1.165, 1.54) is 12.5 Å². The third-order valence-electron chi connectivity index (χ3n) is 6.01. The summed E-state index contributed by atoms with van der Waals surface area (Å²) in [4.78, 5) is 33.0. The molecule has 2 aromatic carbocycles. The molecule has 5 rings (SSSR count). The van der Waals surface area contributed by atoms with E-state index in [4.69, 9.17) is 9.47 Å². The molecule has 0 radical (unpaired) electrons. The highest BCUT2D eigenvalue weighted by atomic mass is 16.7. The average molecular weight is 474 g/mol. The number of hydrogen-bond acceptors (Lipinski definition) is 7. The molecule has 2 N–H and O–H groups in total. The summed E-state index contributed by atoms with van der Waals surface area (Å²) >= 11 is 0. The fourth-order valence-electron chi connectivity index (χ4n) is 4.21. The lowest BCUT2D eigenvalue weighted by atomic mass is 10.1. The molecule has 2 amide bonds. The van der Waals surface area contributed by atoms with Gasteiger partial charge in [0.2, 0.25) is 12.7 Å². The molecule has 0 unspecified atom stereocenters. The Bertz CT molecular complexity index is 1220. The Morgan fingerprint density at radius 3 is 2.34 bits per heavy atom. The van der Waals surface area contributed by atoms with Crippen LogP contribution in [0.2, 0.25) is 0 Å². The van der Waals surface area contributed by atoms with Gasteiger partial charge in [0.05, 0.1) is 0 Å². The summed E-state index contributed by atoms with van der Waals surface area (Å²) in [6.45, 7) is 6.03. The second-order valence-electron chi connectivity index (χ2n) is 8.57. The van der Waals surface area contributed by atoms with E-state index in [0.29, 0.717) is 16.9 Å². The van der Waals surface area contributed by atoms with E-state index in [1.807, 2.05) is 18.2 Å². The Morgan fingerprint density at radius 1 is 0.886 bits per heavy atom. The highest BCUT2D eigenvalue weighted by Crippen LogP contribution is 2.33. The average Bonchev–Trinajstić information content (AvgIpc) is 3.33. The van der Waals surface area contributed by atoms with Gasteiger partial charge in [-0.2, -0.15) is 0 Å². The van der Waals surface area contributed by atoms with Crippen LogP contribution in [0.5, 0.6) is 11.5 Å². The number of fused-ring (bicyclic) bond motifs is 1. The maximum absolute atomic E-state index is 12.8. The number of anilines is 3. The molecule has 9 nitrogen and oxygen atoms in total. The van der Waals surface area contributed by atoms with Crippen molar-refractivity contribution in [2.24, 2.45) is 0 Å². The third-order valence-corrected chi connectivity index (χ3v) is 6.01. The molecule has 0 atom stereocenters. The smallest absolute Gasteiger partial charge is 0.255 e. The highest BCUT2D eigenvalue weighted by Gasteiger charge is 2.20. The van der Waals surface area contributed by atoms with Gasteiger partial charge in [-0.3, -0.25) is 14.5 Å². The van der Waals surface area contributed by atoms with Crippen molar-refractivity contribution in [2.45, 2.75) is 13.5 Å². The normalized spacial score (nSPS) is 15.1. The molecular formula is C26H27N5O4. The largest absolute Gasteiger partial charge is 0.454 e. The van der Waals surface area contributed by atoms with Crippen LogP contribution in [0.1, 0.15) is 22.8 Å². The first-order chi connectivity index (χ1) is 17.0. The number of benzene rings is 2. The van der Waals surface area contributed by atoms with Crippen LogP contribution < -0.4 is 25.0 Å². The van der Waals surface area contributed by atoms with Gasteiger partial charge < -0.3 is 25.0 Å². The molecule has 1 saturated heterocycles. The lowest BCUT2D eigenvalue weighted by Gasteiger charge is -2.35. The van der Waals surface area contributed by atoms with Crippen LogP contribution >= 0.6 is 0 Å². The summed E-state index contributed by atoms with van der Waals surface area (Å²) in [5.41, 5.74) is 3.08. The molecule has 0 bridgehead atoms. The first-order valence-corrected chi connectivity index (χ1v) is 11.5. The van der Waals surface area contributed by atoms with Gasteiger partial charge in [0.1, 0.15) is 5.82 Å². The van der Waals surface area contributed by atoms with Gasteiger partial charge in [-0.25, -0.2) is 4.98 Å². The molecule has 0 aliphatic carbocycles. The summed E-state index contributed by atoms with van der Waals surface area (Å²) < 4.78 is 10.9. The lowest BCUT2D eigenvalue weighted by Crippen LogP contribution is -2.46. The first-order valence-electron chi connectivity index (χ1n) is 11.5. The fourth-order valence-corrected chi connectivity index (χ4v) is 4.21. The van der Waals surface area contributed by atoms with Crippen LogP contribution in [0.3, 0.4) is 0 Å². The molecule has 0 saturated carbocycles. The Morgan fingerprint density at radius 2 is 1.60 bits per heavy atom. The van der Waals surface area contributed by atoms with E-state index >= 15 is 0 Å². The van der Waals surface area contributed by atoms with Crippen LogP contribution in [-0.4, -0.2) is 54.7 Å². The number of nitrogens with zero attached hydrogens (tertiary/aromatic N) is 3. The molecule has 35 heavy (non-hydrogen) atoms. The number of rotatable bonds is 6. The third kappa shape index (κ3) is 5.52. The Kier molecular flexibility index (Phi) is 6.49. The number of amides is 2. The monoisotopic (exact) mass is 473 g/mol. The zero-order chi connectivity index (χ0) is 24.2. The highest BCUT2D eigenvalue weighted by molar-refractivity contribution is 6.04. The summed E-state index contributed by atoms with van der Waals surface area (Å²) in [6, 6.07) is 16.6. The molecule has 1 fully saturated rings. The second kappa shape index (κ2) is 10.0. The number of hydrogen-bond donors (Lipinski definition) is 2. The van der Waals surface area contributed by atoms with Gasteiger partial charge >= 0.3 is 0 Å². The quantitative estimate of drug-likeness (QED) is 0.567. The van der Waals surface area contributed by atoms with Crippen LogP contribution in [0.15, 0.2) is 60.8 Å². The van der Waals surface area contributed by atoms with Gasteiger partial charge in [0, 0.05) is 62.8 Å². The van der Waals surface area contributed by atoms with E-state index in [9.17, 15) is 9.59 Å². The van der Waals surface area contributed by atoms with Gasteiger partial charge in [-0.15, -0.1) is 0 Å². The molecule has 2 aliphatic rings. The molecule has 1 aromatic heterocycles. The van der Waals surface area contributed by atoms with Crippen LogP contribution in [0, 0.1) is 0 Å². The van der Waals surface area contributed by atoms with E-state index in [1.54, 1.807) is 36.5 Å². The van der Waals surface area contributed by atoms with Gasteiger partial charge in [0.25, 0.3) is 5.91 Å². The number of piperazine rings is 1. The number of pyridine rings is 1. The van der Waals surface area contributed by atoms with Crippen molar-refractivity contribution in [3.63, 3.8) is 0 Å². The van der Waals surface area contributed by atoms with Crippen LogP contribution in [0.25, 0.3) is 0 Å². The Labute approximate surface area is 203 Å². The predicted molar refractivity (Wildman–Crippen MR) is 133 cm³/mol. The zero-order valence-electron chi connectivity index (χ0n) is 19.5. The zero-order valence-corrected chi connectivity index (χ0v) is 19.5. The summed E-state index contributed by atoms with van der Waals surface area (Å²) in [5.74, 6) is 2.06. The van der Waals surface area contributed by atoms with Crippen LogP contribution in [-0.2, 0) is 11.3 Å². The maximum atomic E-state index is 12.8. The van der Waals surface area contributed by atoms with Crippen molar-refractivity contribution in [3.8, 4) is 11.5 Å². The van der Waals surface area contributed by atoms with Crippen molar-refractivity contribution in [3.05, 3.63) is 71.9 Å². The number of aromatic nitrogens is 1. The SMILES string of the molecule is CC(=O)Nc1ccc(NC(=O)c2ccnc(N3CCN(Cc4ccc5c(c4)OCO5)CC3)c2)cc1. The van der Waals surface area contributed by atoms with Crippen molar-refractivity contribution >= 4 is 29.0 Å². The van der Waals surface area contributed by atoms with E-state index in [0.717, 1.165) is 50.0 Å². The molecule has 3 heterocycles. The maximum Gasteiger partial charge on any atom is 0.255 e. The summed E-state index contributed by atoms with van der Waals surface area (Å²) in [5, 5.41) is 5.60. The molecule has 2 aliphatic heterocycles. The van der Waals surface area contributed by atoms with Gasteiger partial charge in [0.15, 0.2) is 11.5 Å². The molecule has 0 spiro atoms. The summed E-state index contributed by atoms with van der Waals surface area (Å²) in [6.07, 6.45) is 1.67. The van der Waals surface area contributed by atoms with Crippen molar-refractivity contribution < 1.29 is 19.1 Å². The van der Waals surface area contributed by atoms with Crippen molar-refractivity contribution in [2.75, 3.05) is 48.5 Å². The summed E-state index contributed by atoms with van der Waals surface area (Å²) in [7, 11) is 0. The molecule has 3 aromatic rings. The minimum Gasteiger partial charge on any atom is -0.454 e. The Balaban J connectivity index is 1.16. The minimum atomic E-state index is -0.206. The Hall–Kier alpha value is -4.11. The van der Waals surface area contributed by atoms with Crippen molar-refractivity contribution in [1.29, 1.82) is 0 Å². The number of nitrogens with one attached hydrogen (secondary N) is 2. The first kappa shape index (κ1) is 22.7. The molecule has 9 heteroatoms. The van der Waals surface area contributed by atoms with Gasteiger partial charge in [-0.05, 0) is 54.1 Å². The van der Waals surface area contributed by atoms with E-state index < -0.39 is 0 Å². The lowest BCUT2D eigenvalue weighted by molar-refractivity contribution is -0.114. The van der Waals surface area contributed by atoms with Crippen molar-refractivity contribution in [1.82, 2.24) is 9.88 Å². The minimum absolute atomic E-state index is 0.139. The van der Waals surface area contributed by atoms with E-state index in [2.05, 4.69) is 31.5 Å². The van der Waals surface area contributed by atoms with Crippen LogP contribution in [0.4, 0.5) is 17.2 Å². The molecule has 180 valence electrons. The fraction of sp³-hybridized carbons (Fsp3) is 0.269. The number of ether oxygens (including phenoxy) is 2. The predicted octanol–water partition coefficient (Wildman–Crippen LogP) is 3.34. The topological polar surface area (TPSA) is 96.0 Å². The molecular weight excluding hydrogens is 446 g/mol. The second-order valence-corrected chi connectivity index (χ2v) is 8.57. The number of carbonyl (C=O) groups is 2.